The van der Waals surface area contributed by atoms with Crippen molar-refractivity contribution in [3.8, 4) is 28.4 Å². The second kappa shape index (κ2) is 9.06. The Labute approximate surface area is 185 Å². The molecule has 0 amide bonds. The van der Waals surface area contributed by atoms with Crippen LogP contribution in [0.1, 0.15) is 11.1 Å². The number of nitrogens with zero attached hydrogens (tertiary/aromatic N) is 2. The Morgan fingerprint density at radius 3 is 2.32 bits per heavy atom. The summed E-state index contributed by atoms with van der Waals surface area (Å²) in [6.45, 7) is 0. The van der Waals surface area contributed by atoms with Gasteiger partial charge in [0.25, 0.3) is 0 Å². The Kier molecular flexibility index (Phi) is 6.05. The van der Waals surface area contributed by atoms with E-state index in [1.165, 1.54) is 6.07 Å². The van der Waals surface area contributed by atoms with E-state index in [1.54, 1.807) is 55.4 Å². The van der Waals surface area contributed by atoms with E-state index in [-0.39, 0.29) is 5.82 Å². The van der Waals surface area contributed by atoms with Gasteiger partial charge in [-0.3, -0.25) is 0 Å². The molecule has 0 spiro atoms. The Balaban J connectivity index is 1.85. The highest BCUT2D eigenvalue weighted by Crippen LogP contribution is 2.38. The van der Waals surface area contributed by atoms with Gasteiger partial charge in [0.15, 0.2) is 0 Å². The normalized spacial score (nSPS) is 11.1. The summed E-state index contributed by atoms with van der Waals surface area (Å²) in [5.41, 5.74) is 3.61. The molecule has 4 nitrogen and oxygen atoms in total. The van der Waals surface area contributed by atoms with Crippen molar-refractivity contribution in [1.29, 1.82) is 0 Å². The van der Waals surface area contributed by atoms with Crippen molar-refractivity contribution < 1.29 is 13.9 Å². The predicted octanol–water partition coefficient (Wildman–Crippen LogP) is 6.52. The molecule has 0 aliphatic heterocycles. The average molecular weight is 435 g/mol. The fraction of sp³-hybridized carbons (Fsp3) is 0.0800. The van der Waals surface area contributed by atoms with E-state index in [4.69, 9.17) is 21.1 Å². The van der Waals surface area contributed by atoms with Crippen molar-refractivity contribution >= 4 is 23.8 Å². The van der Waals surface area contributed by atoms with Crippen molar-refractivity contribution in [1.82, 2.24) is 9.78 Å². The van der Waals surface area contributed by atoms with Gasteiger partial charge in [-0.2, -0.15) is 5.10 Å². The lowest BCUT2D eigenvalue weighted by Crippen LogP contribution is -2.01. The minimum Gasteiger partial charge on any atom is -0.496 e. The highest BCUT2D eigenvalue weighted by molar-refractivity contribution is 6.32. The van der Waals surface area contributed by atoms with E-state index in [9.17, 15) is 4.39 Å². The van der Waals surface area contributed by atoms with E-state index >= 15 is 0 Å². The number of rotatable bonds is 6. The third-order valence-electron chi connectivity index (χ3n) is 4.90. The quantitative estimate of drug-likeness (QED) is 0.324. The molecule has 4 rings (SSSR count). The van der Waals surface area contributed by atoms with Crippen LogP contribution < -0.4 is 9.47 Å². The zero-order valence-corrected chi connectivity index (χ0v) is 17.8. The van der Waals surface area contributed by atoms with Crippen molar-refractivity contribution in [3.63, 3.8) is 0 Å². The molecule has 156 valence electrons. The van der Waals surface area contributed by atoms with Gasteiger partial charge < -0.3 is 9.47 Å². The standard InChI is InChI=1S/C25H20ClFN2O2/c1-30-24-16-25(31-2)19(15-18(24)12-11-17-7-3-5-9-21(17)27)22-13-14-28-29(22)23-10-6-4-8-20(23)26/h3-16H,1-2H3/b12-11+. The summed E-state index contributed by atoms with van der Waals surface area (Å²) in [6, 6.07) is 19.7. The molecule has 0 bridgehead atoms. The lowest BCUT2D eigenvalue weighted by atomic mass is 10.0. The largest absolute Gasteiger partial charge is 0.496 e. The maximum Gasteiger partial charge on any atom is 0.131 e. The monoisotopic (exact) mass is 434 g/mol. The minimum absolute atomic E-state index is 0.289. The molecule has 0 N–H and O–H groups in total. The molecule has 4 aromatic rings. The molecule has 0 atom stereocenters. The van der Waals surface area contributed by atoms with Crippen LogP contribution in [0.15, 0.2) is 72.9 Å². The molecule has 31 heavy (non-hydrogen) atoms. The number of benzene rings is 3. The maximum atomic E-state index is 14.0. The van der Waals surface area contributed by atoms with E-state index in [0.717, 1.165) is 22.5 Å². The van der Waals surface area contributed by atoms with Gasteiger partial charge >= 0.3 is 0 Å². The van der Waals surface area contributed by atoms with Gasteiger partial charge in [-0.05, 0) is 30.3 Å². The summed E-state index contributed by atoms with van der Waals surface area (Å²) in [6.07, 6.45) is 5.24. The van der Waals surface area contributed by atoms with Gasteiger partial charge in [-0.1, -0.05) is 54.1 Å². The fourth-order valence-corrected chi connectivity index (χ4v) is 3.58. The molecule has 6 heteroatoms. The minimum atomic E-state index is -0.289. The van der Waals surface area contributed by atoms with Crippen molar-refractivity contribution in [3.05, 3.63) is 94.9 Å². The summed E-state index contributed by atoms with van der Waals surface area (Å²) in [4.78, 5) is 0. The Morgan fingerprint density at radius 1 is 0.871 bits per heavy atom. The third-order valence-corrected chi connectivity index (χ3v) is 5.22. The molecule has 0 radical (unpaired) electrons. The van der Waals surface area contributed by atoms with Gasteiger partial charge in [0.05, 0.1) is 36.8 Å². The molecule has 0 aliphatic rings. The van der Waals surface area contributed by atoms with Crippen LogP contribution in [-0.2, 0) is 0 Å². The number of hydrogen-bond donors (Lipinski definition) is 0. The number of ether oxygens (including phenoxy) is 2. The average Bonchev–Trinajstić information content (AvgIpc) is 3.27. The molecule has 0 saturated carbocycles. The van der Waals surface area contributed by atoms with Crippen LogP contribution >= 0.6 is 11.6 Å². The zero-order chi connectivity index (χ0) is 21.8. The Bertz CT molecular complexity index is 1250. The van der Waals surface area contributed by atoms with Crippen LogP contribution in [0.4, 0.5) is 4.39 Å². The first-order valence-electron chi connectivity index (χ1n) is 9.60. The summed E-state index contributed by atoms with van der Waals surface area (Å²) in [5.74, 6) is 0.939. The Morgan fingerprint density at radius 2 is 1.58 bits per heavy atom. The molecule has 3 aromatic carbocycles. The number of hydrogen-bond acceptors (Lipinski definition) is 3. The van der Waals surface area contributed by atoms with Gasteiger partial charge in [0.2, 0.25) is 0 Å². The lowest BCUT2D eigenvalue weighted by molar-refractivity contribution is 0.394. The predicted molar refractivity (Wildman–Crippen MR) is 122 cm³/mol. The van der Waals surface area contributed by atoms with E-state index in [2.05, 4.69) is 5.10 Å². The number of methoxy groups -OCH3 is 2. The van der Waals surface area contributed by atoms with Gasteiger partial charge in [-0.25, -0.2) is 9.07 Å². The summed E-state index contributed by atoms with van der Waals surface area (Å²) >= 11 is 6.40. The highest BCUT2D eigenvalue weighted by atomic mass is 35.5. The van der Waals surface area contributed by atoms with Gasteiger partial charge in [0.1, 0.15) is 17.3 Å². The molecule has 1 aromatic heterocycles. The Hall–Kier alpha value is -3.57. The van der Waals surface area contributed by atoms with Gasteiger partial charge in [-0.15, -0.1) is 0 Å². The molecule has 0 saturated heterocycles. The fourth-order valence-electron chi connectivity index (χ4n) is 3.37. The van der Waals surface area contributed by atoms with E-state index in [0.29, 0.717) is 22.1 Å². The smallest absolute Gasteiger partial charge is 0.131 e. The third kappa shape index (κ3) is 4.18. The van der Waals surface area contributed by atoms with Crippen LogP contribution in [-0.4, -0.2) is 24.0 Å². The first-order valence-corrected chi connectivity index (χ1v) is 9.98. The topological polar surface area (TPSA) is 36.3 Å². The zero-order valence-electron chi connectivity index (χ0n) is 17.0. The van der Waals surface area contributed by atoms with E-state index in [1.807, 2.05) is 42.5 Å². The van der Waals surface area contributed by atoms with Crippen LogP contribution in [0, 0.1) is 5.82 Å². The van der Waals surface area contributed by atoms with Crippen molar-refractivity contribution in [2.75, 3.05) is 14.2 Å². The van der Waals surface area contributed by atoms with E-state index < -0.39 is 0 Å². The molecule has 0 unspecified atom stereocenters. The van der Waals surface area contributed by atoms with Crippen LogP contribution in [0.25, 0.3) is 29.1 Å². The first-order chi connectivity index (χ1) is 15.1. The summed E-state index contributed by atoms with van der Waals surface area (Å²) < 4.78 is 27.0. The number of aromatic nitrogens is 2. The van der Waals surface area contributed by atoms with Crippen LogP contribution in [0.5, 0.6) is 11.5 Å². The summed E-state index contributed by atoms with van der Waals surface area (Å²) in [5, 5.41) is 5.04. The second-order valence-electron chi connectivity index (χ2n) is 6.73. The van der Waals surface area contributed by atoms with Crippen LogP contribution in [0.3, 0.4) is 0 Å². The molecular formula is C25H20ClFN2O2. The molecule has 0 fully saturated rings. The van der Waals surface area contributed by atoms with Crippen molar-refractivity contribution in [2.24, 2.45) is 0 Å². The maximum absolute atomic E-state index is 14.0. The molecule has 1 heterocycles. The van der Waals surface area contributed by atoms with Crippen LogP contribution in [0.2, 0.25) is 5.02 Å². The molecular weight excluding hydrogens is 415 g/mol. The van der Waals surface area contributed by atoms with Gasteiger partial charge in [0, 0.05) is 22.8 Å². The number of halogens is 2. The first kappa shape index (κ1) is 20.7. The summed E-state index contributed by atoms with van der Waals surface area (Å²) in [7, 11) is 3.19. The SMILES string of the molecule is COc1cc(OC)c(-c2ccnn2-c2ccccc2Cl)cc1/C=C/c1ccccc1F. The van der Waals surface area contributed by atoms with Crippen molar-refractivity contribution in [2.45, 2.75) is 0 Å². The highest BCUT2D eigenvalue weighted by Gasteiger charge is 2.17. The molecule has 0 aliphatic carbocycles. The second-order valence-corrected chi connectivity index (χ2v) is 7.14. The number of para-hydroxylation sites is 1. The lowest BCUT2D eigenvalue weighted by Gasteiger charge is -2.15.